The lowest BCUT2D eigenvalue weighted by molar-refractivity contribution is 0.0895. The maximum atomic E-state index is 5.80. The monoisotopic (exact) mass is 289 g/mol. The van der Waals surface area contributed by atoms with Gasteiger partial charge in [0.15, 0.2) is 5.65 Å². The molecule has 1 aliphatic carbocycles. The summed E-state index contributed by atoms with van der Waals surface area (Å²) in [6, 6.07) is 3.31. The van der Waals surface area contributed by atoms with Crippen LogP contribution >= 0.6 is 0 Å². The van der Waals surface area contributed by atoms with Crippen molar-refractivity contribution < 1.29 is 4.74 Å². The van der Waals surface area contributed by atoms with E-state index in [0.29, 0.717) is 12.6 Å². The Balaban J connectivity index is 1.68. The van der Waals surface area contributed by atoms with Crippen molar-refractivity contribution in [2.75, 3.05) is 6.61 Å². The summed E-state index contributed by atoms with van der Waals surface area (Å²) in [5.74, 6) is 0.705. The minimum atomic E-state index is -1.01. The van der Waals surface area contributed by atoms with Gasteiger partial charge in [0.25, 0.3) is 0 Å². The molecule has 0 amide bonds. The molecule has 5 heteroatoms. The molecule has 0 N–H and O–H groups in total. The topological polar surface area (TPSA) is 39.9 Å². The van der Waals surface area contributed by atoms with Crippen molar-refractivity contribution in [1.29, 1.82) is 0 Å². The molecular formula is C15H23N3OSi. The van der Waals surface area contributed by atoms with Crippen molar-refractivity contribution in [2.45, 2.75) is 51.2 Å². The fourth-order valence-corrected chi connectivity index (χ4v) is 3.10. The molecule has 0 spiro atoms. The Morgan fingerprint density at radius 1 is 1.30 bits per heavy atom. The number of pyridine rings is 1. The van der Waals surface area contributed by atoms with E-state index in [1.54, 1.807) is 0 Å². The van der Waals surface area contributed by atoms with Crippen molar-refractivity contribution in [3.8, 4) is 0 Å². The molecule has 0 aromatic carbocycles. The fraction of sp³-hybridized carbons (Fsp3) is 0.600. The SMILES string of the molecule is C[Si](C)(C)CCOCn1cnc2c(C3CC3)ccnc21. The molecule has 1 fully saturated rings. The highest BCUT2D eigenvalue weighted by Crippen LogP contribution is 2.42. The summed E-state index contributed by atoms with van der Waals surface area (Å²) in [4.78, 5) is 9.01. The molecular weight excluding hydrogens is 266 g/mol. The van der Waals surface area contributed by atoms with Crippen molar-refractivity contribution in [1.82, 2.24) is 14.5 Å². The number of imidazole rings is 1. The highest BCUT2D eigenvalue weighted by Gasteiger charge is 2.26. The second kappa shape index (κ2) is 5.29. The van der Waals surface area contributed by atoms with Gasteiger partial charge in [-0.3, -0.25) is 4.57 Å². The van der Waals surface area contributed by atoms with E-state index >= 15 is 0 Å². The molecule has 4 nitrogen and oxygen atoms in total. The number of fused-ring (bicyclic) bond motifs is 1. The molecule has 0 atom stereocenters. The molecule has 3 rings (SSSR count). The maximum Gasteiger partial charge on any atom is 0.161 e. The third-order valence-corrected chi connectivity index (χ3v) is 5.48. The second-order valence-corrected chi connectivity index (χ2v) is 12.5. The van der Waals surface area contributed by atoms with Crippen LogP contribution in [0.1, 0.15) is 24.3 Å². The van der Waals surface area contributed by atoms with E-state index in [1.807, 2.05) is 17.1 Å². The number of aromatic nitrogens is 3. The van der Waals surface area contributed by atoms with Crippen LogP contribution in [0, 0.1) is 0 Å². The molecule has 108 valence electrons. The van der Waals surface area contributed by atoms with Crippen molar-refractivity contribution in [2.24, 2.45) is 0 Å². The van der Waals surface area contributed by atoms with Gasteiger partial charge in [-0.05, 0) is 36.4 Å². The molecule has 1 aliphatic rings. The molecule has 0 bridgehead atoms. The van der Waals surface area contributed by atoms with Gasteiger partial charge in [-0.2, -0.15) is 0 Å². The maximum absolute atomic E-state index is 5.80. The molecule has 1 saturated carbocycles. The molecule has 0 saturated heterocycles. The Bertz CT molecular complexity index is 599. The number of ether oxygens (including phenoxy) is 1. The lowest BCUT2D eigenvalue weighted by Crippen LogP contribution is -2.22. The Kier molecular flexibility index (Phi) is 3.64. The van der Waals surface area contributed by atoms with Gasteiger partial charge >= 0.3 is 0 Å². The van der Waals surface area contributed by atoms with E-state index in [2.05, 4.69) is 35.7 Å². The first-order valence-electron chi connectivity index (χ1n) is 7.42. The van der Waals surface area contributed by atoms with Crippen LogP contribution in [0.5, 0.6) is 0 Å². The average molecular weight is 289 g/mol. The minimum absolute atomic E-state index is 0.558. The zero-order chi connectivity index (χ0) is 14.2. The van der Waals surface area contributed by atoms with Gasteiger partial charge in [0.05, 0.1) is 6.33 Å². The van der Waals surface area contributed by atoms with E-state index < -0.39 is 8.07 Å². The summed E-state index contributed by atoms with van der Waals surface area (Å²) in [7, 11) is -1.01. The fourth-order valence-electron chi connectivity index (χ4n) is 2.34. The van der Waals surface area contributed by atoms with E-state index in [0.717, 1.165) is 17.8 Å². The minimum Gasteiger partial charge on any atom is -0.361 e. The van der Waals surface area contributed by atoms with E-state index in [9.17, 15) is 0 Å². The smallest absolute Gasteiger partial charge is 0.161 e. The number of rotatable bonds is 6. The predicted molar refractivity (Wildman–Crippen MR) is 83.6 cm³/mol. The second-order valence-electron chi connectivity index (χ2n) is 6.91. The summed E-state index contributed by atoms with van der Waals surface area (Å²) in [5.41, 5.74) is 3.38. The molecule has 0 aliphatic heterocycles. The van der Waals surface area contributed by atoms with Gasteiger partial charge in [-0.1, -0.05) is 19.6 Å². The lowest BCUT2D eigenvalue weighted by Gasteiger charge is -2.15. The predicted octanol–water partition coefficient (Wildman–Crippen LogP) is 3.62. The zero-order valence-electron chi connectivity index (χ0n) is 12.6. The number of hydrogen-bond donors (Lipinski definition) is 0. The third kappa shape index (κ3) is 3.10. The molecule has 2 aromatic rings. The van der Waals surface area contributed by atoms with Crippen LogP contribution < -0.4 is 0 Å². The van der Waals surface area contributed by atoms with Crippen molar-refractivity contribution in [3.63, 3.8) is 0 Å². The van der Waals surface area contributed by atoms with Crippen LogP contribution in [0.25, 0.3) is 11.2 Å². The normalized spacial score (nSPS) is 15.9. The summed E-state index contributed by atoms with van der Waals surface area (Å²) in [5, 5.41) is 0. The summed E-state index contributed by atoms with van der Waals surface area (Å²) >= 11 is 0. The van der Waals surface area contributed by atoms with Crippen LogP contribution in [0.15, 0.2) is 18.6 Å². The van der Waals surface area contributed by atoms with Crippen LogP contribution in [0.4, 0.5) is 0 Å². The van der Waals surface area contributed by atoms with Crippen LogP contribution in [0.3, 0.4) is 0 Å². The zero-order valence-corrected chi connectivity index (χ0v) is 13.6. The largest absolute Gasteiger partial charge is 0.361 e. The summed E-state index contributed by atoms with van der Waals surface area (Å²) < 4.78 is 7.82. The van der Waals surface area contributed by atoms with Crippen molar-refractivity contribution >= 4 is 19.2 Å². The molecule has 2 heterocycles. The molecule has 20 heavy (non-hydrogen) atoms. The summed E-state index contributed by atoms with van der Waals surface area (Å²) in [6.45, 7) is 8.49. The quantitative estimate of drug-likeness (QED) is 0.602. The Labute approximate surface area is 121 Å². The van der Waals surface area contributed by atoms with E-state index in [1.165, 1.54) is 24.4 Å². The van der Waals surface area contributed by atoms with Gasteiger partial charge in [-0.15, -0.1) is 0 Å². The van der Waals surface area contributed by atoms with Crippen molar-refractivity contribution in [3.05, 3.63) is 24.2 Å². The Hall–Kier alpha value is -1.20. The van der Waals surface area contributed by atoms with Gasteiger partial charge in [-0.25, -0.2) is 9.97 Å². The van der Waals surface area contributed by atoms with Gasteiger partial charge in [0, 0.05) is 20.9 Å². The number of hydrogen-bond acceptors (Lipinski definition) is 3. The van der Waals surface area contributed by atoms with Crippen LogP contribution in [-0.4, -0.2) is 29.2 Å². The van der Waals surface area contributed by atoms with E-state index in [-0.39, 0.29) is 0 Å². The van der Waals surface area contributed by atoms with Crippen LogP contribution in [-0.2, 0) is 11.5 Å². The Morgan fingerprint density at radius 3 is 2.80 bits per heavy atom. The highest BCUT2D eigenvalue weighted by molar-refractivity contribution is 6.76. The highest BCUT2D eigenvalue weighted by atomic mass is 28.3. The van der Waals surface area contributed by atoms with Gasteiger partial charge < -0.3 is 4.74 Å². The first kappa shape index (κ1) is 13.8. The van der Waals surface area contributed by atoms with Crippen LogP contribution in [0.2, 0.25) is 25.7 Å². The third-order valence-electron chi connectivity index (χ3n) is 3.78. The van der Waals surface area contributed by atoms with E-state index in [4.69, 9.17) is 4.74 Å². The summed E-state index contributed by atoms with van der Waals surface area (Å²) in [6.07, 6.45) is 6.34. The molecule has 0 unspecified atom stereocenters. The molecule has 2 aromatic heterocycles. The standard InChI is InChI=1S/C15H23N3OSi/c1-20(2,3)9-8-19-11-18-10-17-14-13(12-4-5-12)6-7-16-15(14)18/h6-7,10,12H,4-5,8-9,11H2,1-3H3. The average Bonchev–Trinajstić information content (AvgIpc) is 3.14. The first-order chi connectivity index (χ1) is 9.54. The van der Waals surface area contributed by atoms with Gasteiger partial charge in [0.1, 0.15) is 12.2 Å². The Morgan fingerprint density at radius 2 is 2.10 bits per heavy atom. The first-order valence-corrected chi connectivity index (χ1v) is 11.1. The van der Waals surface area contributed by atoms with Gasteiger partial charge in [0.2, 0.25) is 0 Å². The number of nitrogens with zero attached hydrogens (tertiary/aromatic N) is 3. The lowest BCUT2D eigenvalue weighted by atomic mass is 10.1. The molecule has 0 radical (unpaired) electrons.